The second-order valence-corrected chi connectivity index (χ2v) is 17.6. The van der Waals surface area contributed by atoms with Crippen molar-refractivity contribution in [2.24, 2.45) is 11.3 Å². The van der Waals surface area contributed by atoms with Gasteiger partial charge in [0.1, 0.15) is 12.1 Å². The number of fused-ring (bicyclic) bond motifs is 1. The van der Waals surface area contributed by atoms with E-state index in [-0.39, 0.29) is 30.1 Å². The van der Waals surface area contributed by atoms with Crippen molar-refractivity contribution in [1.82, 2.24) is 20.0 Å². The third-order valence-electron chi connectivity index (χ3n) is 13.6. The van der Waals surface area contributed by atoms with E-state index in [1.807, 2.05) is 23.1 Å². The van der Waals surface area contributed by atoms with Gasteiger partial charge in [-0.2, -0.15) is 5.26 Å². The number of nitrogens with one attached hydrogen (secondary N) is 1. The van der Waals surface area contributed by atoms with Gasteiger partial charge < -0.3 is 19.6 Å². The Morgan fingerprint density at radius 2 is 1.43 bits per heavy atom. The maximum atomic E-state index is 13.6. The van der Waals surface area contributed by atoms with Crippen LogP contribution in [0.15, 0.2) is 60.7 Å². The average molecular weight is 831 g/mol. The van der Waals surface area contributed by atoms with Crippen LogP contribution in [0.4, 0.5) is 17.1 Å². The van der Waals surface area contributed by atoms with Crippen molar-refractivity contribution in [1.29, 1.82) is 5.26 Å². The number of carbonyl (C=O) groups excluding carboxylic acids is 6. The molecule has 14 nitrogen and oxygen atoms in total. The van der Waals surface area contributed by atoms with Crippen LogP contribution in [0, 0.1) is 22.7 Å². The van der Waals surface area contributed by atoms with Crippen molar-refractivity contribution in [3.05, 3.63) is 87.9 Å². The summed E-state index contributed by atoms with van der Waals surface area (Å²) in [4.78, 5) is 89.0. The molecule has 0 saturated carbocycles. The number of hydrogen-bond acceptors (Lipinski definition) is 10. The Balaban J connectivity index is 0.718. The minimum atomic E-state index is -0.974. The highest BCUT2D eigenvalue weighted by atomic mass is 35.5. The smallest absolute Gasteiger partial charge is 0.262 e. The van der Waals surface area contributed by atoms with E-state index in [2.05, 4.69) is 38.2 Å². The molecular formula is C45H47ClN8O6. The van der Waals surface area contributed by atoms with E-state index in [9.17, 15) is 34.0 Å². The van der Waals surface area contributed by atoms with Crippen LogP contribution in [0.25, 0.3) is 0 Å². The van der Waals surface area contributed by atoms with Gasteiger partial charge in [-0.3, -0.25) is 43.9 Å². The highest BCUT2D eigenvalue weighted by Gasteiger charge is 2.47. The van der Waals surface area contributed by atoms with Crippen LogP contribution in [0.5, 0.6) is 0 Å². The molecule has 0 radical (unpaired) electrons. The molecule has 3 aromatic rings. The Hall–Kier alpha value is -5.78. The zero-order valence-corrected chi connectivity index (χ0v) is 34.2. The van der Waals surface area contributed by atoms with Crippen LogP contribution >= 0.6 is 11.6 Å². The van der Waals surface area contributed by atoms with E-state index >= 15 is 0 Å². The number of nitrogens with zero attached hydrogens (tertiary/aromatic N) is 7. The molecule has 6 aliphatic rings. The highest BCUT2D eigenvalue weighted by molar-refractivity contribution is 6.32. The van der Waals surface area contributed by atoms with Crippen LogP contribution in [0.2, 0.25) is 5.02 Å². The summed E-state index contributed by atoms with van der Waals surface area (Å²) in [5, 5.41) is 11.8. The Labute approximate surface area is 353 Å². The Bertz CT molecular complexity index is 2300. The molecule has 60 heavy (non-hydrogen) atoms. The fourth-order valence-electron chi connectivity index (χ4n) is 9.99. The lowest BCUT2D eigenvalue weighted by Crippen LogP contribution is -2.54. The molecule has 1 spiro atoms. The van der Waals surface area contributed by atoms with Gasteiger partial charge in [0.15, 0.2) is 0 Å². The highest BCUT2D eigenvalue weighted by Crippen LogP contribution is 2.43. The minimum Gasteiger partial charge on any atom is -0.371 e. The van der Waals surface area contributed by atoms with E-state index in [1.54, 1.807) is 35.2 Å². The van der Waals surface area contributed by atoms with Gasteiger partial charge in [0.25, 0.3) is 17.7 Å². The van der Waals surface area contributed by atoms with Gasteiger partial charge in [0.2, 0.25) is 17.7 Å². The molecule has 1 N–H and O–H groups in total. The van der Waals surface area contributed by atoms with Crippen LogP contribution in [-0.2, 0) is 14.4 Å². The number of amides is 6. The number of nitriles is 1. The molecule has 15 heteroatoms. The lowest BCUT2D eigenvalue weighted by atomic mass is 9.77. The number of halogens is 1. The molecule has 5 fully saturated rings. The van der Waals surface area contributed by atoms with Crippen LogP contribution in [0.3, 0.4) is 0 Å². The van der Waals surface area contributed by atoms with Gasteiger partial charge in [-0.1, -0.05) is 11.6 Å². The number of hydrogen-bond donors (Lipinski definition) is 1. The minimum absolute atomic E-state index is 0.0171. The molecule has 0 bridgehead atoms. The standard InChI is InChI=1S/C45H47ClN8O6/c46-37-24-34(6-3-31(37)26-47)53-28-45(25-40(53)56)13-17-52(18-14-45)42(58)30-1-4-32(5-2-30)51-21-19-49(20-22-51)27-29-11-15-50(16-12-29)33-7-8-35-36(23-33)44(60)54(43(35)59)38-9-10-39(55)48-41(38)57/h1-8,23-24,29,38H,9-22,25,27-28H2,(H,48,55,57). The zero-order chi connectivity index (χ0) is 41.7. The number of likely N-dealkylation sites (tertiary alicyclic amines) is 1. The molecule has 0 aliphatic carbocycles. The fraction of sp³-hybridized carbons (Fsp3) is 0.444. The molecule has 3 aromatic carbocycles. The molecule has 310 valence electrons. The number of carbonyl (C=O) groups is 6. The van der Waals surface area contributed by atoms with E-state index in [0.29, 0.717) is 64.9 Å². The summed E-state index contributed by atoms with van der Waals surface area (Å²) in [7, 11) is 0. The zero-order valence-electron chi connectivity index (χ0n) is 33.4. The third kappa shape index (κ3) is 7.49. The number of piperazine rings is 1. The van der Waals surface area contributed by atoms with Gasteiger partial charge in [0.05, 0.1) is 21.7 Å². The van der Waals surface area contributed by atoms with Crippen molar-refractivity contribution in [2.45, 2.75) is 51.0 Å². The van der Waals surface area contributed by atoms with Gasteiger partial charge >= 0.3 is 0 Å². The molecule has 6 amide bonds. The Morgan fingerprint density at radius 1 is 0.767 bits per heavy atom. The first kappa shape index (κ1) is 39.7. The Morgan fingerprint density at radius 3 is 2.12 bits per heavy atom. The summed E-state index contributed by atoms with van der Waals surface area (Å²) >= 11 is 6.26. The van der Waals surface area contributed by atoms with E-state index < -0.39 is 29.7 Å². The number of piperidine rings is 3. The van der Waals surface area contributed by atoms with E-state index in [4.69, 9.17) is 11.6 Å². The first-order chi connectivity index (χ1) is 29.0. The van der Waals surface area contributed by atoms with Gasteiger partial charge in [0, 0.05) is 106 Å². The SMILES string of the molecule is N#Cc1ccc(N2CC3(CCN(C(=O)c4ccc(N5CCN(CC6CCN(c7ccc8c(c7)C(=O)N(C7CCC(=O)NC7=O)C8=O)CC6)CC5)cc4)CC3)CC2=O)cc1Cl. The first-order valence-electron chi connectivity index (χ1n) is 21.0. The molecule has 9 rings (SSSR count). The summed E-state index contributed by atoms with van der Waals surface area (Å²) in [5.41, 5.74) is 4.19. The number of rotatable bonds is 7. The normalized spacial score (nSPS) is 22.4. The van der Waals surface area contributed by atoms with E-state index in [0.717, 1.165) is 87.8 Å². The maximum Gasteiger partial charge on any atom is 0.262 e. The first-order valence-corrected chi connectivity index (χ1v) is 21.3. The molecule has 1 atom stereocenters. The second kappa shape index (κ2) is 16.0. The predicted octanol–water partition coefficient (Wildman–Crippen LogP) is 4.31. The van der Waals surface area contributed by atoms with Crippen molar-refractivity contribution in [3.63, 3.8) is 0 Å². The average Bonchev–Trinajstić information content (AvgIpc) is 3.71. The molecule has 5 saturated heterocycles. The fourth-order valence-corrected chi connectivity index (χ4v) is 10.2. The van der Waals surface area contributed by atoms with Crippen molar-refractivity contribution in [3.8, 4) is 6.07 Å². The summed E-state index contributed by atoms with van der Waals surface area (Å²) in [6.45, 7) is 8.23. The lowest BCUT2D eigenvalue weighted by Gasteiger charge is -2.40. The topological polar surface area (TPSA) is 158 Å². The predicted molar refractivity (Wildman–Crippen MR) is 224 cm³/mol. The van der Waals surface area contributed by atoms with Crippen LogP contribution < -0.4 is 20.0 Å². The third-order valence-corrected chi connectivity index (χ3v) is 13.9. The van der Waals surface area contributed by atoms with E-state index in [1.165, 1.54) is 0 Å². The molecular weight excluding hydrogens is 784 g/mol. The van der Waals surface area contributed by atoms with Gasteiger partial charge in [-0.25, -0.2) is 0 Å². The summed E-state index contributed by atoms with van der Waals surface area (Å²) in [6.07, 6.45) is 4.20. The summed E-state index contributed by atoms with van der Waals surface area (Å²) < 4.78 is 0. The largest absolute Gasteiger partial charge is 0.371 e. The quantitative estimate of drug-likeness (QED) is 0.341. The van der Waals surface area contributed by atoms with Crippen molar-refractivity contribution >= 4 is 64.1 Å². The van der Waals surface area contributed by atoms with Gasteiger partial charge in [-0.05, 0) is 98.7 Å². The number of benzene rings is 3. The van der Waals surface area contributed by atoms with Crippen molar-refractivity contribution < 1.29 is 28.8 Å². The summed E-state index contributed by atoms with van der Waals surface area (Å²) in [6, 6.07) is 19.5. The number of imide groups is 2. The summed E-state index contributed by atoms with van der Waals surface area (Å²) in [5.74, 6) is -1.36. The lowest BCUT2D eigenvalue weighted by molar-refractivity contribution is -0.136. The monoisotopic (exact) mass is 830 g/mol. The van der Waals surface area contributed by atoms with Gasteiger partial charge in [-0.15, -0.1) is 0 Å². The maximum absolute atomic E-state index is 13.6. The second-order valence-electron chi connectivity index (χ2n) is 17.2. The Kier molecular flexibility index (Phi) is 10.6. The molecule has 0 aromatic heterocycles. The molecule has 6 heterocycles. The molecule has 6 aliphatic heterocycles. The number of anilines is 3. The van der Waals surface area contributed by atoms with Crippen LogP contribution in [0.1, 0.15) is 81.6 Å². The van der Waals surface area contributed by atoms with Crippen molar-refractivity contribution in [2.75, 3.05) is 80.1 Å². The molecule has 1 unspecified atom stereocenters. The van der Waals surface area contributed by atoms with Crippen LogP contribution in [-0.4, -0.2) is 122 Å².